The molecule has 25 heavy (non-hydrogen) atoms. The molecule has 0 spiro atoms. The number of rotatable bonds is 3. The number of benzene rings is 1. The average Bonchev–Trinajstić information content (AvgIpc) is 3.10. The Morgan fingerprint density at radius 3 is 2.16 bits per heavy atom. The zero-order valence-electron chi connectivity index (χ0n) is 14.7. The Kier molecular flexibility index (Phi) is 5.49. The van der Waals surface area contributed by atoms with E-state index in [1.807, 2.05) is 24.3 Å². The molecule has 0 amide bonds. The third-order valence-corrected chi connectivity index (χ3v) is 6.69. The Morgan fingerprint density at radius 2 is 1.52 bits per heavy atom. The minimum absolute atomic E-state index is 0.500. The largest absolute Gasteiger partial charge is 0.360 e. The van der Waals surface area contributed by atoms with Crippen LogP contribution in [0, 0.1) is 0 Å². The molecule has 2 bridgehead atoms. The summed E-state index contributed by atoms with van der Waals surface area (Å²) in [6, 6.07) is 10.6. The quantitative estimate of drug-likeness (QED) is 0.728. The van der Waals surface area contributed by atoms with Crippen molar-refractivity contribution in [3.8, 4) is 0 Å². The Balaban J connectivity index is 1.34. The van der Waals surface area contributed by atoms with E-state index >= 15 is 0 Å². The van der Waals surface area contributed by atoms with Gasteiger partial charge >= 0.3 is 0 Å². The topological polar surface area (TPSA) is 27.3 Å². The summed E-state index contributed by atoms with van der Waals surface area (Å²) in [4.78, 5) is 2.91. The fourth-order valence-corrected chi connectivity index (χ4v) is 5.63. The highest BCUT2D eigenvalue weighted by molar-refractivity contribution is 7.80. The molecule has 1 aromatic carbocycles. The van der Waals surface area contributed by atoms with Crippen LogP contribution in [0.5, 0.6) is 0 Å². The number of nitrogens with zero attached hydrogens (tertiary/aromatic N) is 1. The van der Waals surface area contributed by atoms with Gasteiger partial charge in [-0.15, -0.1) is 0 Å². The second-order valence-electron chi connectivity index (χ2n) is 7.90. The Hall–Kier alpha value is -0.840. The number of nitrogens with one attached hydrogen (secondary N) is 2. The molecule has 1 aromatic rings. The first-order chi connectivity index (χ1) is 12.2. The molecule has 2 saturated heterocycles. The van der Waals surface area contributed by atoms with E-state index in [-0.39, 0.29) is 0 Å². The highest BCUT2D eigenvalue weighted by Gasteiger charge is 2.42. The highest BCUT2D eigenvalue weighted by atomic mass is 35.5. The van der Waals surface area contributed by atoms with Crippen molar-refractivity contribution in [3.63, 3.8) is 0 Å². The maximum atomic E-state index is 5.94. The molecule has 5 heteroatoms. The van der Waals surface area contributed by atoms with Crippen molar-refractivity contribution < 1.29 is 0 Å². The molecular weight excluding hydrogens is 350 g/mol. The van der Waals surface area contributed by atoms with Gasteiger partial charge < -0.3 is 10.6 Å². The highest BCUT2D eigenvalue weighted by Crippen LogP contribution is 2.39. The number of piperidine rings is 2. The van der Waals surface area contributed by atoms with Crippen molar-refractivity contribution in [3.05, 3.63) is 29.3 Å². The van der Waals surface area contributed by atoms with Gasteiger partial charge in [0.15, 0.2) is 5.11 Å². The van der Waals surface area contributed by atoms with Gasteiger partial charge in [-0.2, -0.15) is 0 Å². The lowest BCUT2D eigenvalue weighted by Crippen LogP contribution is -2.59. The van der Waals surface area contributed by atoms with Gasteiger partial charge in [0.05, 0.1) is 0 Å². The van der Waals surface area contributed by atoms with Crippen LogP contribution < -0.4 is 10.6 Å². The number of halogens is 1. The second kappa shape index (κ2) is 7.81. The Morgan fingerprint density at radius 1 is 0.920 bits per heavy atom. The number of thiocarbonyl (C=S) groups is 1. The molecule has 1 aliphatic carbocycles. The van der Waals surface area contributed by atoms with Crippen LogP contribution >= 0.6 is 23.8 Å². The van der Waals surface area contributed by atoms with E-state index in [9.17, 15) is 0 Å². The number of anilines is 1. The van der Waals surface area contributed by atoms with E-state index in [0.29, 0.717) is 6.04 Å². The van der Waals surface area contributed by atoms with Crippen LogP contribution in [-0.2, 0) is 0 Å². The predicted molar refractivity (Wildman–Crippen MR) is 109 cm³/mol. The van der Waals surface area contributed by atoms with Crippen LogP contribution in [0.15, 0.2) is 24.3 Å². The third kappa shape index (κ3) is 4.12. The zero-order valence-corrected chi connectivity index (χ0v) is 16.3. The van der Waals surface area contributed by atoms with Gasteiger partial charge in [-0.1, -0.05) is 30.9 Å². The fraction of sp³-hybridized carbons (Fsp3) is 0.650. The molecule has 0 radical (unpaired) electrons. The monoisotopic (exact) mass is 377 g/mol. The molecule has 2 N–H and O–H groups in total. The summed E-state index contributed by atoms with van der Waals surface area (Å²) in [5.74, 6) is 0. The van der Waals surface area contributed by atoms with Gasteiger partial charge in [0, 0.05) is 34.9 Å². The van der Waals surface area contributed by atoms with Crippen molar-refractivity contribution in [2.45, 2.75) is 82.0 Å². The van der Waals surface area contributed by atoms with Crippen molar-refractivity contribution >= 4 is 34.6 Å². The third-order valence-electron chi connectivity index (χ3n) is 6.21. The van der Waals surface area contributed by atoms with Crippen LogP contribution in [0.4, 0.5) is 5.69 Å². The Bertz CT molecular complexity index is 585. The van der Waals surface area contributed by atoms with Crippen molar-refractivity contribution in [2.24, 2.45) is 0 Å². The second-order valence-corrected chi connectivity index (χ2v) is 8.74. The van der Waals surface area contributed by atoms with Gasteiger partial charge in [-0.05, 0) is 75.0 Å². The molecule has 1 saturated carbocycles. The molecule has 4 rings (SSSR count). The molecule has 2 aliphatic heterocycles. The van der Waals surface area contributed by atoms with E-state index in [1.165, 1.54) is 57.8 Å². The van der Waals surface area contributed by atoms with Crippen LogP contribution in [-0.4, -0.2) is 34.2 Å². The van der Waals surface area contributed by atoms with Crippen LogP contribution in [0.2, 0.25) is 5.02 Å². The number of fused-ring (bicyclic) bond motifs is 2. The molecule has 3 aliphatic rings. The summed E-state index contributed by atoms with van der Waals surface area (Å²) < 4.78 is 0. The van der Waals surface area contributed by atoms with E-state index in [0.717, 1.165) is 33.9 Å². The van der Waals surface area contributed by atoms with Gasteiger partial charge in [0.1, 0.15) is 0 Å². The summed E-state index contributed by atoms with van der Waals surface area (Å²) >= 11 is 11.5. The lowest BCUT2D eigenvalue weighted by Gasteiger charge is -2.52. The van der Waals surface area contributed by atoms with Crippen molar-refractivity contribution in [2.75, 3.05) is 5.32 Å². The minimum Gasteiger partial charge on any atom is -0.360 e. The summed E-state index contributed by atoms with van der Waals surface area (Å²) in [7, 11) is 0. The molecule has 3 nitrogen and oxygen atoms in total. The van der Waals surface area contributed by atoms with Gasteiger partial charge in [0.25, 0.3) is 0 Å². The summed E-state index contributed by atoms with van der Waals surface area (Å²) in [5.41, 5.74) is 0.991. The van der Waals surface area contributed by atoms with E-state index in [1.54, 1.807) is 0 Å². The first kappa shape index (κ1) is 17.6. The molecule has 0 aromatic heterocycles. The van der Waals surface area contributed by atoms with Crippen LogP contribution in [0.25, 0.3) is 0 Å². The van der Waals surface area contributed by atoms with Gasteiger partial charge in [0.2, 0.25) is 0 Å². The van der Waals surface area contributed by atoms with Crippen LogP contribution in [0.3, 0.4) is 0 Å². The van der Waals surface area contributed by atoms with Crippen LogP contribution in [0.1, 0.15) is 57.8 Å². The van der Waals surface area contributed by atoms with Crippen molar-refractivity contribution in [1.82, 2.24) is 10.2 Å². The van der Waals surface area contributed by atoms with Crippen molar-refractivity contribution in [1.29, 1.82) is 0 Å². The summed E-state index contributed by atoms with van der Waals surface area (Å²) in [6.45, 7) is 0. The smallest absolute Gasteiger partial charge is 0.170 e. The molecule has 2 heterocycles. The maximum Gasteiger partial charge on any atom is 0.170 e. The number of hydrogen-bond acceptors (Lipinski definition) is 2. The normalized spacial score (nSPS) is 30.2. The van der Waals surface area contributed by atoms with Gasteiger partial charge in [-0.25, -0.2) is 0 Å². The van der Waals surface area contributed by atoms with Gasteiger partial charge in [-0.3, -0.25) is 4.90 Å². The molecule has 3 atom stereocenters. The zero-order chi connectivity index (χ0) is 17.2. The first-order valence-corrected chi connectivity index (χ1v) is 10.6. The van der Waals surface area contributed by atoms with E-state index in [2.05, 4.69) is 15.5 Å². The SMILES string of the molecule is S=C(Nc1ccc(Cl)cc1)NC1C[C@H]2CCC[C@@H](C1)N2C1CCCC1. The fourth-order valence-electron chi connectivity index (χ4n) is 5.22. The maximum absolute atomic E-state index is 5.94. The first-order valence-electron chi connectivity index (χ1n) is 9.79. The standard InChI is InChI=1S/C20H28ClN3S/c21-14-8-10-15(11-9-14)22-20(25)23-16-12-18-6-3-7-19(13-16)24(18)17-4-1-2-5-17/h8-11,16-19H,1-7,12-13H2,(H2,22,23,25)/t16?,18-,19+. The van der Waals surface area contributed by atoms with E-state index < -0.39 is 0 Å². The minimum atomic E-state index is 0.500. The molecule has 136 valence electrons. The lowest BCUT2D eigenvalue weighted by molar-refractivity contribution is -0.00596. The Labute approximate surface area is 161 Å². The molecule has 3 fully saturated rings. The molecule has 1 unspecified atom stereocenters. The predicted octanol–water partition coefficient (Wildman–Crippen LogP) is 4.95. The summed E-state index contributed by atoms with van der Waals surface area (Å²) in [6.07, 6.45) is 12.3. The van der Waals surface area contributed by atoms with E-state index in [4.69, 9.17) is 23.8 Å². The molecular formula is C20H28ClN3S. The average molecular weight is 378 g/mol. The lowest BCUT2D eigenvalue weighted by atomic mass is 9.80. The number of hydrogen-bond donors (Lipinski definition) is 2. The summed E-state index contributed by atoms with van der Waals surface area (Å²) in [5, 5.41) is 8.36.